The van der Waals surface area contributed by atoms with Crippen molar-refractivity contribution < 1.29 is 14.6 Å². The largest absolute Gasteiger partial charge is 0.497 e. The van der Waals surface area contributed by atoms with E-state index in [1.165, 1.54) is 0 Å². The highest BCUT2D eigenvalue weighted by molar-refractivity contribution is 5.78. The number of methoxy groups -OCH3 is 1. The monoisotopic (exact) mass is 291 g/mol. The molecule has 0 aliphatic carbocycles. The molecule has 0 radical (unpaired) electrons. The van der Waals surface area contributed by atoms with Crippen LogP contribution in [-0.2, 0) is 11.3 Å². The number of aromatic nitrogens is 2. The number of rotatable bonds is 6. The van der Waals surface area contributed by atoms with Crippen LogP contribution in [0.3, 0.4) is 0 Å². The molecule has 1 aromatic carbocycles. The molecular weight excluding hydrogens is 270 g/mol. The molecule has 2 rings (SSSR count). The van der Waals surface area contributed by atoms with Crippen molar-refractivity contribution in [3.63, 3.8) is 0 Å². The Hall–Kier alpha value is -2.08. The van der Waals surface area contributed by atoms with Crippen molar-refractivity contribution in [1.29, 1.82) is 0 Å². The molecule has 0 aliphatic rings. The van der Waals surface area contributed by atoms with Gasteiger partial charge in [0.15, 0.2) is 0 Å². The number of carboxylic acid groups (broad SMARTS) is 1. The molecule has 0 bridgehead atoms. The van der Waals surface area contributed by atoms with Crippen molar-refractivity contribution in [2.75, 3.05) is 21.2 Å². The Morgan fingerprint density at radius 2 is 2.19 bits per heavy atom. The average molecular weight is 291 g/mol. The van der Waals surface area contributed by atoms with Crippen LogP contribution in [0.4, 0.5) is 0 Å². The summed E-state index contributed by atoms with van der Waals surface area (Å²) in [5.41, 5.74) is 1.75. The predicted octanol–water partition coefficient (Wildman–Crippen LogP) is 2.14. The van der Waals surface area contributed by atoms with Crippen molar-refractivity contribution in [1.82, 2.24) is 14.5 Å². The lowest BCUT2D eigenvalue weighted by Crippen LogP contribution is -2.21. The zero-order chi connectivity index (χ0) is 15.6. The van der Waals surface area contributed by atoms with Gasteiger partial charge in [-0.05, 0) is 33.2 Å². The van der Waals surface area contributed by atoms with Crippen molar-refractivity contribution in [2.45, 2.75) is 25.9 Å². The van der Waals surface area contributed by atoms with E-state index in [4.69, 9.17) is 9.84 Å². The lowest BCUT2D eigenvalue weighted by atomic mass is 10.2. The molecule has 0 fully saturated rings. The third kappa shape index (κ3) is 3.16. The van der Waals surface area contributed by atoms with Gasteiger partial charge in [0.25, 0.3) is 0 Å². The maximum absolute atomic E-state index is 10.9. The quantitative estimate of drug-likeness (QED) is 0.883. The zero-order valence-corrected chi connectivity index (χ0v) is 12.8. The van der Waals surface area contributed by atoms with Gasteiger partial charge in [-0.2, -0.15) is 0 Å². The highest BCUT2D eigenvalue weighted by Crippen LogP contribution is 2.26. The Labute approximate surface area is 124 Å². The van der Waals surface area contributed by atoms with Gasteiger partial charge in [0.2, 0.25) is 0 Å². The Morgan fingerprint density at radius 3 is 2.76 bits per heavy atom. The molecule has 114 valence electrons. The van der Waals surface area contributed by atoms with Crippen LogP contribution in [0.5, 0.6) is 5.75 Å². The van der Waals surface area contributed by atoms with Crippen molar-refractivity contribution >= 4 is 17.0 Å². The SMILES string of the molecule is COc1ccc2c(c1)nc(C(C)N(C)C)n2CCC(=O)O. The molecule has 21 heavy (non-hydrogen) atoms. The van der Waals surface area contributed by atoms with Gasteiger partial charge in [-0.25, -0.2) is 4.98 Å². The summed E-state index contributed by atoms with van der Waals surface area (Å²) in [5.74, 6) is 0.799. The summed E-state index contributed by atoms with van der Waals surface area (Å²) < 4.78 is 7.20. The van der Waals surface area contributed by atoms with Crippen molar-refractivity contribution in [2.24, 2.45) is 0 Å². The van der Waals surface area contributed by atoms with Crippen LogP contribution in [0, 0.1) is 0 Å². The molecule has 1 aromatic heterocycles. The van der Waals surface area contributed by atoms with E-state index in [-0.39, 0.29) is 12.5 Å². The molecule has 1 N–H and O–H groups in total. The van der Waals surface area contributed by atoms with E-state index in [1.807, 2.05) is 36.9 Å². The summed E-state index contributed by atoms with van der Waals surface area (Å²) in [6.45, 7) is 2.46. The van der Waals surface area contributed by atoms with Gasteiger partial charge in [-0.15, -0.1) is 0 Å². The first-order chi connectivity index (χ1) is 9.93. The molecule has 2 aromatic rings. The summed E-state index contributed by atoms with van der Waals surface area (Å²) in [4.78, 5) is 17.6. The fourth-order valence-electron chi connectivity index (χ4n) is 2.25. The second-order valence-electron chi connectivity index (χ2n) is 5.26. The molecule has 0 saturated carbocycles. The van der Waals surface area contributed by atoms with Gasteiger partial charge in [-0.1, -0.05) is 0 Å². The molecule has 6 heteroatoms. The van der Waals surface area contributed by atoms with Crippen LogP contribution in [0.2, 0.25) is 0 Å². The number of aliphatic carboxylic acids is 1. The first kappa shape index (κ1) is 15.3. The Bertz CT molecular complexity index is 649. The number of aryl methyl sites for hydroxylation is 1. The molecule has 1 heterocycles. The van der Waals surface area contributed by atoms with E-state index in [1.54, 1.807) is 7.11 Å². The van der Waals surface area contributed by atoms with E-state index >= 15 is 0 Å². The minimum absolute atomic E-state index is 0.0740. The van der Waals surface area contributed by atoms with Gasteiger partial charge in [0, 0.05) is 12.6 Å². The number of hydrogen-bond acceptors (Lipinski definition) is 4. The predicted molar refractivity (Wildman–Crippen MR) is 80.6 cm³/mol. The fourth-order valence-corrected chi connectivity index (χ4v) is 2.25. The normalized spacial score (nSPS) is 12.8. The molecule has 0 amide bonds. The van der Waals surface area contributed by atoms with E-state index in [9.17, 15) is 4.79 Å². The number of ether oxygens (including phenoxy) is 1. The van der Waals surface area contributed by atoms with Gasteiger partial charge < -0.3 is 14.4 Å². The van der Waals surface area contributed by atoms with E-state index < -0.39 is 5.97 Å². The molecule has 0 spiro atoms. The maximum atomic E-state index is 10.9. The van der Waals surface area contributed by atoms with Crippen LogP contribution in [-0.4, -0.2) is 46.7 Å². The number of fused-ring (bicyclic) bond motifs is 1. The average Bonchev–Trinajstić information content (AvgIpc) is 2.81. The standard InChI is InChI=1S/C15H21N3O3/c1-10(17(2)3)15-16-12-9-11(21-4)5-6-13(12)18(15)8-7-14(19)20/h5-6,9-10H,7-8H2,1-4H3,(H,19,20). The van der Waals surface area contributed by atoms with Crippen LogP contribution in [0.1, 0.15) is 25.2 Å². The summed E-state index contributed by atoms with van der Waals surface area (Å²) in [6.07, 6.45) is 0.0740. The third-order valence-corrected chi connectivity index (χ3v) is 3.68. The highest BCUT2D eigenvalue weighted by Gasteiger charge is 2.19. The number of hydrogen-bond donors (Lipinski definition) is 1. The molecule has 0 saturated heterocycles. The minimum atomic E-state index is -0.811. The number of benzene rings is 1. The Kier molecular flexibility index (Phi) is 4.47. The molecule has 0 aliphatic heterocycles. The topological polar surface area (TPSA) is 67.6 Å². The van der Waals surface area contributed by atoms with Gasteiger partial charge in [0.05, 0.1) is 30.6 Å². The van der Waals surface area contributed by atoms with Gasteiger partial charge in [0.1, 0.15) is 11.6 Å². The summed E-state index contributed by atoms with van der Waals surface area (Å²) >= 11 is 0. The second-order valence-corrected chi connectivity index (χ2v) is 5.26. The van der Waals surface area contributed by atoms with Crippen molar-refractivity contribution in [3.8, 4) is 5.75 Å². The summed E-state index contributed by atoms with van der Waals surface area (Å²) in [5, 5.41) is 8.94. The Morgan fingerprint density at radius 1 is 1.48 bits per heavy atom. The third-order valence-electron chi connectivity index (χ3n) is 3.68. The van der Waals surface area contributed by atoms with Gasteiger partial charge in [-0.3, -0.25) is 9.69 Å². The number of carbonyl (C=O) groups is 1. The molecule has 6 nitrogen and oxygen atoms in total. The number of carboxylic acids is 1. The van der Waals surface area contributed by atoms with E-state index in [2.05, 4.69) is 16.8 Å². The molecular formula is C15H21N3O3. The maximum Gasteiger partial charge on any atom is 0.305 e. The van der Waals surface area contributed by atoms with Crippen LogP contribution in [0.25, 0.3) is 11.0 Å². The summed E-state index contributed by atoms with van der Waals surface area (Å²) in [7, 11) is 5.57. The van der Waals surface area contributed by atoms with Crippen molar-refractivity contribution in [3.05, 3.63) is 24.0 Å². The van der Waals surface area contributed by atoms with E-state index in [0.29, 0.717) is 6.54 Å². The molecule has 1 unspecified atom stereocenters. The smallest absolute Gasteiger partial charge is 0.305 e. The Balaban J connectivity index is 2.53. The lowest BCUT2D eigenvalue weighted by Gasteiger charge is -2.20. The highest BCUT2D eigenvalue weighted by atomic mass is 16.5. The number of imidazole rings is 1. The second kappa shape index (κ2) is 6.13. The zero-order valence-electron chi connectivity index (χ0n) is 12.8. The van der Waals surface area contributed by atoms with Crippen LogP contribution in [0.15, 0.2) is 18.2 Å². The first-order valence-electron chi connectivity index (χ1n) is 6.86. The fraction of sp³-hybridized carbons (Fsp3) is 0.467. The minimum Gasteiger partial charge on any atom is -0.497 e. The van der Waals surface area contributed by atoms with Crippen LogP contribution < -0.4 is 4.74 Å². The number of nitrogens with zero attached hydrogens (tertiary/aromatic N) is 3. The lowest BCUT2D eigenvalue weighted by molar-refractivity contribution is -0.137. The van der Waals surface area contributed by atoms with Gasteiger partial charge >= 0.3 is 5.97 Å². The van der Waals surface area contributed by atoms with Crippen LogP contribution >= 0.6 is 0 Å². The summed E-state index contributed by atoms with van der Waals surface area (Å²) in [6, 6.07) is 5.76. The first-order valence-corrected chi connectivity index (χ1v) is 6.86. The molecule has 1 atom stereocenters. The van der Waals surface area contributed by atoms with E-state index in [0.717, 1.165) is 22.6 Å².